The third-order valence-corrected chi connectivity index (χ3v) is 4.13. The summed E-state index contributed by atoms with van der Waals surface area (Å²) in [5, 5.41) is 2.89. The van der Waals surface area contributed by atoms with Crippen molar-refractivity contribution >= 4 is 27.5 Å². The molecule has 27 heavy (non-hydrogen) atoms. The van der Waals surface area contributed by atoms with Crippen LogP contribution in [0.4, 0.5) is 5.69 Å². The largest absolute Gasteiger partial charge is 0.490 e. The molecule has 0 heterocycles. The van der Waals surface area contributed by atoms with Gasteiger partial charge in [-0.3, -0.25) is 4.79 Å². The van der Waals surface area contributed by atoms with E-state index >= 15 is 0 Å². The normalized spacial score (nSPS) is 10.5. The fraction of sp³-hybridized carbons (Fsp3) is 0.136. The van der Waals surface area contributed by atoms with Gasteiger partial charge in [0.1, 0.15) is 17.2 Å². The first-order valence-corrected chi connectivity index (χ1v) is 9.41. The molecule has 3 aromatic carbocycles. The molecule has 0 aliphatic carbocycles. The minimum atomic E-state index is -0.233. The van der Waals surface area contributed by atoms with Crippen molar-refractivity contribution in [2.24, 2.45) is 0 Å². The topological polar surface area (TPSA) is 47.6 Å². The lowest BCUT2D eigenvalue weighted by Crippen LogP contribution is -2.15. The van der Waals surface area contributed by atoms with Gasteiger partial charge in [-0.1, -0.05) is 34.1 Å². The average molecular weight is 426 g/mol. The van der Waals surface area contributed by atoms with Crippen molar-refractivity contribution < 1.29 is 14.3 Å². The molecule has 1 N–H and O–H groups in total. The van der Waals surface area contributed by atoms with Gasteiger partial charge in [0.2, 0.25) is 0 Å². The first-order chi connectivity index (χ1) is 13.0. The highest BCUT2D eigenvalue weighted by molar-refractivity contribution is 9.10. The number of nitrogens with one attached hydrogen (secondary N) is 1. The zero-order chi connectivity index (χ0) is 19.2. The quantitative estimate of drug-likeness (QED) is 0.505. The molecular weight excluding hydrogens is 406 g/mol. The van der Waals surface area contributed by atoms with Crippen LogP contribution in [-0.4, -0.2) is 12.0 Å². The fourth-order valence-corrected chi connectivity index (χ4v) is 2.83. The standard InChI is InChI=1S/C22H20BrNO3/c1-15(2)26-21-13-8-16(23)14-20(21)22(25)24-17-9-11-19(12-10-17)27-18-6-4-3-5-7-18/h3-15H,1-2H3,(H,24,25). The van der Waals surface area contributed by atoms with Gasteiger partial charge in [-0.15, -0.1) is 0 Å². The van der Waals surface area contributed by atoms with Gasteiger partial charge in [-0.25, -0.2) is 0 Å². The molecular formula is C22H20BrNO3. The Morgan fingerprint density at radius 1 is 0.926 bits per heavy atom. The van der Waals surface area contributed by atoms with E-state index in [9.17, 15) is 4.79 Å². The van der Waals surface area contributed by atoms with Crippen LogP contribution < -0.4 is 14.8 Å². The second kappa shape index (κ2) is 8.73. The zero-order valence-corrected chi connectivity index (χ0v) is 16.7. The molecule has 0 bridgehead atoms. The van der Waals surface area contributed by atoms with Crippen LogP contribution in [0.2, 0.25) is 0 Å². The van der Waals surface area contributed by atoms with Crippen LogP contribution in [0.25, 0.3) is 0 Å². The van der Waals surface area contributed by atoms with Gasteiger partial charge in [0, 0.05) is 10.2 Å². The number of benzene rings is 3. The van der Waals surface area contributed by atoms with Crippen molar-refractivity contribution in [1.82, 2.24) is 0 Å². The Morgan fingerprint density at radius 3 is 2.26 bits per heavy atom. The van der Waals surface area contributed by atoms with E-state index in [1.165, 1.54) is 0 Å². The number of carbonyl (C=O) groups excluding carboxylic acids is 1. The lowest BCUT2D eigenvalue weighted by atomic mass is 10.1. The van der Waals surface area contributed by atoms with Crippen molar-refractivity contribution in [3.63, 3.8) is 0 Å². The molecule has 138 valence electrons. The minimum absolute atomic E-state index is 0.0212. The minimum Gasteiger partial charge on any atom is -0.490 e. The second-order valence-electron chi connectivity index (χ2n) is 6.20. The predicted molar refractivity (Wildman–Crippen MR) is 111 cm³/mol. The summed E-state index contributed by atoms with van der Waals surface area (Å²) in [4.78, 5) is 12.7. The van der Waals surface area contributed by atoms with Gasteiger partial charge in [0.25, 0.3) is 5.91 Å². The van der Waals surface area contributed by atoms with Crippen molar-refractivity contribution in [1.29, 1.82) is 0 Å². The van der Waals surface area contributed by atoms with Gasteiger partial charge in [-0.05, 0) is 68.4 Å². The Balaban J connectivity index is 1.72. The van der Waals surface area contributed by atoms with Crippen LogP contribution in [-0.2, 0) is 0 Å². The fourth-order valence-electron chi connectivity index (χ4n) is 2.47. The summed E-state index contributed by atoms with van der Waals surface area (Å²) in [6.07, 6.45) is -0.0212. The van der Waals surface area contributed by atoms with Gasteiger partial charge < -0.3 is 14.8 Å². The van der Waals surface area contributed by atoms with E-state index in [1.807, 2.05) is 62.4 Å². The van der Waals surface area contributed by atoms with Crippen LogP contribution in [0, 0.1) is 0 Å². The first kappa shape index (κ1) is 19.0. The van der Waals surface area contributed by atoms with Crippen LogP contribution in [0.3, 0.4) is 0 Å². The van der Waals surface area contributed by atoms with Gasteiger partial charge in [-0.2, -0.15) is 0 Å². The zero-order valence-electron chi connectivity index (χ0n) is 15.1. The maximum absolute atomic E-state index is 12.7. The lowest BCUT2D eigenvalue weighted by molar-refractivity contribution is 0.102. The highest BCUT2D eigenvalue weighted by Gasteiger charge is 2.15. The number of amides is 1. The van der Waals surface area contributed by atoms with Crippen LogP contribution in [0.1, 0.15) is 24.2 Å². The number of rotatable bonds is 6. The van der Waals surface area contributed by atoms with Crippen LogP contribution >= 0.6 is 15.9 Å². The number of anilines is 1. The summed E-state index contributed by atoms with van der Waals surface area (Å²) >= 11 is 3.41. The molecule has 0 unspecified atom stereocenters. The Kier molecular flexibility index (Phi) is 6.14. The van der Waals surface area contributed by atoms with Gasteiger partial charge in [0.15, 0.2) is 0 Å². The highest BCUT2D eigenvalue weighted by Crippen LogP contribution is 2.26. The molecule has 0 fully saturated rings. The Bertz CT molecular complexity index is 909. The van der Waals surface area contributed by atoms with Crippen molar-refractivity contribution in [3.8, 4) is 17.2 Å². The Morgan fingerprint density at radius 2 is 1.59 bits per heavy atom. The third kappa shape index (κ3) is 5.34. The SMILES string of the molecule is CC(C)Oc1ccc(Br)cc1C(=O)Nc1ccc(Oc2ccccc2)cc1. The number of ether oxygens (including phenoxy) is 2. The van der Waals surface area contributed by atoms with E-state index in [-0.39, 0.29) is 12.0 Å². The molecule has 0 saturated carbocycles. The Hall–Kier alpha value is -2.79. The molecule has 3 rings (SSSR count). The maximum atomic E-state index is 12.7. The molecule has 5 heteroatoms. The van der Waals surface area contributed by atoms with E-state index in [4.69, 9.17) is 9.47 Å². The molecule has 1 amide bonds. The van der Waals surface area contributed by atoms with E-state index < -0.39 is 0 Å². The summed E-state index contributed by atoms with van der Waals surface area (Å²) in [5.74, 6) is 1.78. The van der Waals surface area contributed by atoms with Gasteiger partial charge in [0.05, 0.1) is 11.7 Å². The lowest BCUT2D eigenvalue weighted by Gasteiger charge is -2.15. The van der Waals surface area contributed by atoms with Crippen molar-refractivity contribution in [2.45, 2.75) is 20.0 Å². The van der Waals surface area contributed by atoms with E-state index in [1.54, 1.807) is 24.3 Å². The van der Waals surface area contributed by atoms with Crippen LogP contribution in [0.5, 0.6) is 17.2 Å². The van der Waals surface area contributed by atoms with E-state index in [0.29, 0.717) is 22.7 Å². The summed E-state index contributed by atoms with van der Waals surface area (Å²) in [5.41, 5.74) is 1.15. The highest BCUT2D eigenvalue weighted by atomic mass is 79.9. The molecule has 3 aromatic rings. The molecule has 4 nitrogen and oxygen atoms in total. The van der Waals surface area contributed by atoms with E-state index in [0.717, 1.165) is 10.2 Å². The Labute approximate surface area is 167 Å². The van der Waals surface area contributed by atoms with E-state index in [2.05, 4.69) is 21.2 Å². The maximum Gasteiger partial charge on any atom is 0.259 e. The first-order valence-electron chi connectivity index (χ1n) is 8.62. The molecule has 0 atom stereocenters. The number of para-hydroxylation sites is 1. The second-order valence-corrected chi connectivity index (χ2v) is 7.12. The number of halogens is 1. The summed E-state index contributed by atoms with van der Waals surface area (Å²) in [6.45, 7) is 3.85. The number of carbonyl (C=O) groups is 1. The monoisotopic (exact) mass is 425 g/mol. The molecule has 0 spiro atoms. The average Bonchev–Trinajstić information content (AvgIpc) is 2.65. The molecule has 0 saturated heterocycles. The summed E-state index contributed by atoms with van der Waals surface area (Å²) < 4.78 is 12.3. The van der Waals surface area contributed by atoms with Crippen LogP contribution in [0.15, 0.2) is 77.3 Å². The number of hydrogen-bond donors (Lipinski definition) is 1. The molecule has 0 aromatic heterocycles. The summed E-state index contributed by atoms with van der Waals surface area (Å²) in [7, 11) is 0. The summed E-state index contributed by atoms with van der Waals surface area (Å²) in [6, 6.07) is 22.2. The smallest absolute Gasteiger partial charge is 0.259 e. The predicted octanol–water partition coefficient (Wildman–Crippen LogP) is 6.28. The third-order valence-electron chi connectivity index (χ3n) is 3.64. The van der Waals surface area contributed by atoms with Gasteiger partial charge >= 0.3 is 0 Å². The molecule has 0 aliphatic heterocycles. The van der Waals surface area contributed by atoms with Crippen molar-refractivity contribution in [2.75, 3.05) is 5.32 Å². The number of hydrogen-bond acceptors (Lipinski definition) is 3. The molecule has 0 radical (unpaired) electrons. The molecule has 0 aliphatic rings. The van der Waals surface area contributed by atoms with Crippen molar-refractivity contribution in [3.05, 3.63) is 82.8 Å².